The van der Waals surface area contributed by atoms with Gasteiger partial charge in [0.15, 0.2) is 0 Å². The van der Waals surface area contributed by atoms with Crippen LogP contribution < -0.4 is 0 Å². The topological polar surface area (TPSA) is 51.0 Å². The first kappa shape index (κ1) is 17.2. The predicted octanol–water partition coefficient (Wildman–Crippen LogP) is 4.17. The number of carbonyl (C=O) groups is 1. The number of fused-ring (bicyclic) bond motifs is 1. The molecule has 2 aromatic heterocycles. The normalized spacial score (nSPS) is 18.0. The van der Waals surface area contributed by atoms with E-state index in [2.05, 4.69) is 37.1 Å². The van der Waals surface area contributed by atoms with Crippen LogP contribution in [0.4, 0.5) is 0 Å². The first-order valence-corrected chi connectivity index (χ1v) is 10.0. The van der Waals surface area contributed by atoms with Crippen molar-refractivity contribution in [2.75, 3.05) is 13.1 Å². The van der Waals surface area contributed by atoms with Crippen molar-refractivity contribution in [3.63, 3.8) is 0 Å². The van der Waals surface area contributed by atoms with Crippen LogP contribution in [0.15, 0.2) is 30.3 Å². The van der Waals surface area contributed by atoms with Gasteiger partial charge in [-0.25, -0.2) is 4.98 Å². The molecule has 1 aliphatic heterocycles. The molecular weight excluding hydrogens is 344 g/mol. The smallest absolute Gasteiger partial charge is 0.272 e. The van der Waals surface area contributed by atoms with Crippen LogP contribution in [0.1, 0.15) is 59.7 Å². The third-order valence-corrected chi connectivity index (χ3v) is 6.28. The summed E-state index contributed by atoms with van der Waals surface area (Å²) in [5.74, 6) is 0.722. The van der Waals surface area contributed by atoms with Gasteiger partial charge in [-0.15, -0.1) is 11.3 Å². The SMILES string of the molecule is CC(C)c1cc(C(=O)N2CCC[C@@H](c3nc4ccccc4s3)C2)n(C)n1. The highest BCUT2D eigenvalue weighted by Crippen LogP contribution is 2.33. The van der Waals surface area contributed by atoms with Crippen molar-refractivity contribution in [3.05, 3.63) is 46.7 Å². The fourth-order valence-corrected chi connectivity index (χ4v) is 4.65. The van der Waals surface area contributed by atoms with Crippen LogP contribution >= 0.6 is 11.3 Å². The number of para-hydroxylation sites is 1. The van der Waals surface area contributed by atoms with Crippen molar-refractivity contribution in [1.29, 1.82) is 0 Å². The van der Waals surface area contributed by atoms with E-state index in [1.165, 1.54) is 4.70 Å². The van der Waals surface area contributed by atoms with Crippen molar-refractivity contribution >= 4 is 27.5 Å². The molecule has 0 unspecified atom stereocenters. The molecule has 1 atom stereocenters. The minimum Gasteiger partial charge on any atom is -0.337 e. The molecule has 136 valence electrons. The zero-order valence-electron chi connectivity index (χ0n) is 15.5. The second-order valence-corrected chi connectivity index (χ2v) is 8.41. The fourth-order valence-electron chi connectivity index (χ4n) is 3.56. The summed E-state index contributed by atoms with van der Waals surface area (Å²) in [5.41, 5.74) is 2.71. The van der Waals surface area contributed by atoms with Gasteiger partial charge in [-0.3, -0.25) is 9.48 Å². The highest BCUT2D eigenvalue weighted by atomic mass is 32.1. The predicted molar refractivity (Wildman–Crippen MR) is 105 cm³/mol. The van der Waals surface area contributed by atoms with E-state index in [1.54, 1.807) is 16.0 Å². The molecule has 3 heterocycles. The Morgan fingerprint density at radius 1 is 1.31 bits per heavy atom. The van der Waals surface area contributed by atoms with Crippen molar-refractivity contribution in [3.8, 4) is 0 Å². The average Bonchev–Trinajstić information content (AvgIpc) is 3.25. The second kappa shape index (κ2) is 6.83. The number of aromatic nitrogens is 3. The average molecular weight is 369 g/mol. The van der Waals surface area contributed by atoms with Crippen LogP contribution in [0.25, 0.3) is 10.2 Å². The van der Waals surface area contributed by atoms with Crippen LogP contribution in [-0.2, 0) is 7.05 Å². The molecule has 0 spiro atoms. The maximum absolute atomic E-state index is 13.1. The minimum atomic E-state index is 0.0812. The molecule has 0 aliphatic carbocycles. The molecule has 0 N–H and O–H groups in total. The Hall–Kier alpha value is -2.21. The van der Waals surface area contributed by atoms with Gasteiger partial charge < -0.3 is 4.90 Å². The lowest BCUT2D eigenvalue weighted by Gasteiger charge is -2.31. The summed E-state index contributed by atoms with van der Waals surface area (Å²) in [7, 11) is 1.86. The Balaban J connectivity index is 1.55. The fraction of sp³-hybridized carbons (Fsp3) is 0.450. The van der Waals surface area contributed by atoms with Crippen molar-refractivity contribution in [2.45, 2.75) is 38.5 Å². The van der Waals surface area contributed by atoms with Gasteiger partial charge in [0, 0.05) is 26.1 Å². The highest BCUT2D eigenvalue weighted by Gasteiger charge is 2.29. The molecule has 0 bridgehead atoms. The van der Waals surface area contributed by atoms with Gasteiger partial charge >= 0.3 is 0 Å². The van der Waals surface area contributed by atoms with E-state index in [9.17, 15) is 4.79 Å². The number of amides is 1. The number of aryl methyl sites for hydroxylation is 1. The molecule has 1 aliphatic rings. The van der Waals surface area contributed by atoms with E-state index in [4.69, 9.17) is 4.98 Å². The Labute approximate surface area is 157 Å². The van der Waals surface area contributed by atoms with Gasteiger partial charge in [0.25, 0.3) is 5.91 Å². The first-order valence-electron chi connectivity index (χ1n) is 9.21. The Morgan fingerprint density at radius 2 is 2.12 bits per heavy atom. The largest absolute Gasteiger partial charge is 0.337 e. The van der Waals surface area contributed by atoms with Gasteiger partial charge in [0.05, 0.1) is 20.9 Å². The number of thiazole rings is 1. The zero-order chi connectivity index (χ0) is 18.3. The molecule has 26 heavy (non-hydrogen) atoms. The first-order chi connectivity index (χ1) is 12.5. The summed E-state index contributed by atoms with van der Waals surface area (Å²) in [5, 5.41) is 5.64. The van der Waals surface area contributed by atoms with Gasteiger partial charge in [-0.05, 0) is 37.0 Å². The summed E-state index contributed by atoms with van der Waals surface area (Å²) in [4.78, 5) is 19.8. The Kier molecular flexibility index (Phi) is 4.53. The van der Waals surface area contributed by atoms with E-state index in [0.29, 0.717) is 17.5 Å². The maximum Gasteiger partial charge on any atom is 0.272 e. The van der Waals surface area contributed by atoms with Gasteiger partial charge in [0.2, 0.25) is 0 Å². The molecule has 1 aromatic carbocycles. The lowest BCUT2D eigenvalue weighted by molar-refractivity contribution is 0.0696. The molecule has 4 rings (SSSR count). The number of likely N-dealkylation sites (tertiary alicyclic amines) is 1. The maximum atomic E-state index is 13.1. The van der Waals surface area contributed by atoms with Crippen LogP contribution in [0.5, 0.6) is 0 Å². The highest BCUT2D eigenvalue weighted by molar-refractivity contribution is 7.18. The van der Waals surface area contributed by atoms with Gasteiger partial charge in [-0.2, -0.15) is 5.10 Å². The van der Waals surface area contributed by atoms with Crippen molar-refractivity contribution < 1.29 is 4.79 Å². The third-order valence-electron chi connectivity index (χ3n) is 5.08. The molecule has 1 fully saturated rings. The number of rotatable bonds is 3. The third kappa shape index (κ3) is 3.14. The summed E-state index contributed by atoms with van der Waals surface area (Å²) in [6.07, 6.45) is 2.10. The lowest BCUT2D eigenvalue weighted by atomic mass is 9.98. The summed E-state index contributed by atoms with van der Waals surface area (Å²) < 4.78 is 2.94. The molecule has 1 saturated heterocycles. The number of nitrogens with zero attached hydrogens (tertiary/aromatic N) is 4. The van der Waals surface area contributed by atoms with E-state index >= 15 is 0 Å². The van der Waals surface area contributed by atoms with Crippen molar-refractivity contribution in [2.24, 2.45) is 7.05 Å². The molecule has 5 nitrogen and oxygen atoms in total. The van der Waals surface area contributed by atoms with Crippen LogP contribution in [0.2, 0.25) is 0 Å². The molecule has 0 radical (unpaired) electrons. The van der Waals surface area contributed by atoms with Gasteiger partial charge in [0.1, 0.15) is 5.69 Å². The number of hydrogen-bond acceptors (Lipinski definition) is 4. The number of carbonyl (C=O) groups excluding carboxylic acids is 1. The Morgan fingerprint density at radius 3 is 2.85 bits per heavy atom. The number of hydrogen-bond donors (Lipinski definition) is 0. The monoisotopic (exact) mass is 368 g/mol. The van der Waals surface area contributed by atoms with Gasteiger partial charge in [-0.1, -0.05) is 26.0 Å². The van der Waals surface area contributed by atoms with E-state index in [-0.39, 0.29) is 5.91 Å². The standard InChI is InChI=1S/C20H24N4OS/c1-13(2)16-11-17(23(3)22-16)20(25)24-10-6-7-14(12-24)19-21-15-8-4-5-9-18(15)26-19/h4-5,8-9,11,13-14H,6-7,10,12H2,1-3H3/t14-/m1/s1. The van der Waals surface area contributed by atoms with Crippen LogP contribution in [-0.4, -0.2) is 38.7 Å². The number of benzene rings is 1. The lowest BCUT2D eigenvalue weighted by Crippen LogP contribution is -2.39. The molecule has 6 heteroatoms. The summed E-state index contributed by atoms with van der Waals surface area (Å²) in [6, 6.07) is 10.2. The Bertz CT molecular complexity index is 909. The summed E-state index contributed by atoms with van der Waals surface area (Å²) >= 11 is 1.76. The van der Waals surface area contributed by atoms with E-state index < -0.39 is 0 Å². The van der Waals surface area contributed by atoms with Crippen LogP contribution in [0.3, 0.4) is 0 Å². The van der Waals surface area contributed by atoms with E-state index in [1.807, 2.05) is 24.1 Å². The van der Waals surface area contributed by atoms with E-state index in [0.717, 1.165) is 42.1 Å². The second-order valence-electron chi connectivity index (χ2n) is 7.34. The van der Waals surface area contributed by atoms with Crippen LogP contribution in [0, 0.1) is 0 Å². The summed E-state index contributed by atoms with van der Waals surface area (Å²) in [6.45, 7) is 5.74. The molecule has 3 aromatic rings. The molecular formula is C20H24N4OS. The minimum absolute atomic E-state index is 0.0812. The molecule has 1 amide bonds. The quantitative estimate of drug-likeness (QED) is 0.697. The zero-order valence-corrected chi connectivity index (χ0v) is 16.3. The number of piperidine rings is 1. The van der Waals surface area contributed by atoms with Crippen molar-refractivity contribution in [1.82, 2.24) is 19.7 Å². The molecule has 0 saturated carbocycles.